The Morgan fingerprint density at radius 1 is 1.25 bits per heavy atom. The topological polar surface area (TPSA) is 71.3 Å². The molecule has 1 aromatic rings. The molecule has 0 fully saturated rings. The summed E-state index contributed by atoms with van der Waals surface area (Å²) in [7, 11) is 0. The maximum Gasteiger partial charge on any atom is 0.256 e. The molecule has 1 amide bonds. The van der Waals surface area contributed by atoms with E-state index in [0.717, 1.165) is 19.3 Å². The molecule has 0 aromatic heterocycles. The molecule has 1 atom stereocenters. The number of hydrogen-bond acceptors (Lipinski definition) is 4. The summed E-state index contributed by atoms with van der Waals surface area (Å²) in [5, 5.41) is 12.2. The summed E-state index contributed by atoms with van der Waals surface area (Å²) in [6.07, 6.45) is 3.72. The minimum absolute atomic E-state index is 0.221. The number of nitrogens with zero attached hydrogens (tertiary/aromatic N) is 1. The summed E-state index contributed by atoms with van der Waals surface area (Å²) in [5.74, 6) is 0.392. The van der Waals surface area contributed by atoms with Gasteiger partial charge in [0.1, 0.15) is 17.4 Å². The Labute approximate surface area is 145 Å². The number of hydrogen-bond donors (Lipinski definition) is 1. The number of rotatable bonds is 10. The van der Waals surface area contributed by atoms with Gasteiger partial charge in [0.2, 0.25) is 0 Å². The van der Waals surface area contributed by atoms with Crippen LogP contribution in [0.2, 0.25) is 0 Å². The summed E-state index contributed by atoms with van der Waals surface area (Å²) in [4.78, 5) is 12.7. The Morgan fingerprint density at radius 3 is 2.58 bits per heavy atom. The molecular formula is C19H28N2O3. The van der Waals surface area contributed by atoms with Gasteiger partial charge in [0.05, 0.1) is 17.9 Å². The minimum Gasteiger partial charge on any atom is -0.494 e. The third kappa shape index (κ3) is 5.54. The first-order valence-corrected chi connectivity index (χ1v) is 8.63. The lowest BCUT2D eigenvalue weighted by atomic mass is 9.96. The van der Waals surface area contributed by atoms with Crippen molar-refractivity contribution in [3.63, 3.8) is 0 Å². The molecular weight excluding hydrogens is 304 g/mol. The zero-order valence-corrected chi connectivity index (χ0v) is 15.1. The zero-order chi connectivity index (χ0) is 18.0. The quantitative estimate of drug-likeness (QED) is 0.649. The molecule has 0 spiro atoms. The SMILES string of the molecule is CCCCC[C@](C)(OCC)C(=O)Nc1ccc(OCC)cc1C#N. The van der Waals surface area contributed by atoms with Gasteiger partial charge in [-0.2, -0.15) is 5.26 Å². The standard InChI is InChI=1S/C19H28N2O3/c1-5-8-9-12-19(4,24-7-3)18(22)21-17-11-10-16(23-6-2)13-15(17)14-20/h10-11,13H,5-9,12H2,1-4H3,(H,21,22)/t19-/m0/s1. The second-order valence-electron chi connectivity index (χ2n) is 5.83. The van der Waals surface area contributed by atoms with Gasteiger partial charge in [0.25, 0.3) is 5.91 Å². The van der Waals surface area contributed by atoms with Crippen molar-refractivity contribution in [2.75, 3.05) is 18.5 Å². The Kier molecular flexibility index (Phi) is 8.28. The fourth-order valence-corrected chi connectivity index (χ4v) is 2.52. The summed E-state index contributed by atoms with van der Waals surface area (Å²) in [6.45, 7) is 8.68. The number of carbonyl (C=O) groups excluding carboxylic acids is 1. The van der Waals surface area contributed by atoms with Gasteiger partial charge in [-0.1, -0.05) is 26.2 Å². The lowest BCUT2D eigenvalue weighted by Crippen LogP contribution is -2.43. The molecule has 1 N–H and O–H groups in total. The van der Waals surface area contributed by atoms with E-state index in [9.17, 15) is 10.1 Å². The molecule has 0 aliphatic carbocycles. The molecule has 0 saturated carbocycles. The van der Waals surface area contributed by atoms with Crippen LogP contribution in [0, 0.1) is 11.3 Å². The molecule has 5 heteroatoms. The van der Waals surface area contributed by atoms with Gasteiger partial charge < -0.3 is 14.8 Å². The summed E-state index contributed by atoms with van der Waals surface area (Å²) in [5.41, 5.74) is -0.0380. The predicted octanol–water partition coefficient (Wildman–Crippen LogP) is 4.27. The molecule has 1 aromatic carbocycles. The van der Waals surface area contributed by atoms with Gasteiger partial charge in [-0.05, 0) is 45.4 Å². The molecule has 0 saturated heterocycles. The van der Waals surface area contributed by atoms with E-state index < -0.39 is 5.60 Å². The molecule has 1 rings (SSSR count). The Balaban J connectivity index is 2.92. The molecule has 0 aliphatic heterocycles. The third-order valence-electron chi connectivity index (χ3n) is 3.87. The maximum absolute atomic E-state index is 12.7. The van der Waals surface area contributed by atoms with E-state index in [1.807, 2.05) is 20.8 Å². The van der Waals surface area contributed by atoms with Crippen LogP contribution in [0.25, 0.3) is 0 Å². The lowest BCUT2D eigenvalue weighted by Gasteiger charge is -2.28. The number of ether oxygens (including phenoxy) is 2. The van der Waals surface area contributed by atoms with Crippen molar-refractivity contribution in [2.24, 2.45) is 0 Å². The van der Waals surface area contributed by atoms with Crippen LogP contribution in [0.5, 0.6) is 5.75 Å². The number of carbonyl (C=O) groups is 1. The largest absolute Gasteiger partial charge is 0.494 e. The van der Waals surface area contributed by atoms with E-state index >= 15 is 0 Å². The Morgan fingerprint density at radius 2 is 2.00 bits per heavy atom. The fraction of sp³-hybridized carbons (Fsp3) is 0.579. The van der Waals surface area contributed by atoms with E-state index in [4.69, 9.17) is 9.47 Å². The van der Waals surface area contributed by atoms with Gasteiger partial charge >= 0.3 is 0 Å². The molecule has 0 radical (unpaired) electrons. The lowest BCUT2D eigenvalue weighted by molar-refractivity contribution is -0.139. The third-order valence-corrected chi connectivity index (χ3v) is 3.87. The second-order valence-corrected chi connectivity index (χ2v) is 5.83. The van der Waals surface area contributed by atoms with Crippen molar-refractivity contribution in [2.45, 2.75) is 59.0 Å². The van der Waals surface area contributed by atoms with E-state index in [0.29, 0.717) is 36.6 Å². The zero-order valence-electron chi connectivity index (χ0n) is 15.1. The number of benzene rings is 1. The van der Waals surface area contributed by atoms with Crippen molar-refractivity contribution in [1.29, 1.82) is 5.26 Å². The predicted molar refractivity (Wildman–Crippen MR) is 95.1 cm³/mol. The van der Waals surface area contributed by atoms with Crippen molar-refractivity contribution in [3.05, 3.63) is 23.8 Å². The molecule has 132 valence electrons. The first-order chi connectivity index (χ1) is 11.5. The number of amides is 1. The number of nitriles is 1. The van der Waals surface area contributed by atoms with Crippen LogP contribution in [-0.2, 0) is 9.53 Å². The monoisotopic (exact) mass is 332 g/mol. The highest BCUT2D eigenvalue weighted by molar-refractivity contribution is 5.98. The van der Waals surface area contributed by atoms with E-state index in [1.54, 1.807) is 18.2 Å². The van der Waals surface area contributed by atoms with Crippen molar-refractivity contribution in [1.82, 2.24) is 0 Å². The second kappa shape index (κ2) is 9.94. The Bertz CT molecular complexity index is 580. The first kappa shape index (κ1) is 20.0. The summed E-state index contributed by atoms with van der Waals surface area (Å²) >= 11 is 0. The fourth-order valence-electron chi connectivity index (χ4n) is 2.52. The highest BCUT2D eigenvalue weighted by atomic mass is 16.5. The Hall–Kier alpha value is -2.06. The van der Waals surface area contributed by atoms with Gasteiger partial charge in [0, 0.05) is 6.61 Å². The van der Waals surface area contributed by atoms with E-state index in [2.05, 4.69) is 18.3 Å². The van der Waals surface area contributed by atoms with Crippen LogP contribution in [-0.4, -0.2) is 24.7 Å². The molecule has 24 heavy (non-hydrogen) atoms. The summed E-state index contributed by atoms with van der Waals surface area (Å²) < 4.78 is 11.1. The maximum atomic E-state index is 12.7. The van der Waals surface area contributed by atoms with Gasteiger partial charge in [-0.3, -0.25) is 4.79 Å². The van der Waals surface area contributed by atoms with Gasteiger partial charge in [-0.15, -0.1) is 0 Å². The van der Waals surface area contributed by atoms with Crippen molar-refractivity contribution in [3.8, 4) is 11.8 Å². The van der Waals surface area contributed by atoms with Gasteiger partial charge in [-0.25, -0.2) is 0 Å². The van der Waals surface area contributed by atoms with Crippen LogP contribution in [0.3, 0.4) is 0 Å². The number of unbranched alkanes of at least 4 members (excludes halogenated alkanes) is 2. The normalized spacial score (nSPS) is 13.0. The van der Waals surface area contributed by atoms with Gasteiger partial charge in [0.15, 0.2) is 0 Å². The molecule has 0 bridgehead atoms. The molecule has 5 nitrogen and oxygen atoms in total. The van der Waals surface area contributed by atoms with Crippen LogP contribution < -0.4 is 10.1 Å². The van der Waals surface area contributed by atoms with E-state index in [1.165, 1.54) is 0 Å². The smallest absolute Gasteiger partial charge is 0.256 e. The van der Waals surface area contributed by atoms with Crippen LogP contribution in [0.1, 0.15) is 58.9 Å². The van der Waals surface area contributed by atoms with Crippen LogP contribution in [0.4, 0.5) is 5.69 Å². The molecule has 0 aliphatic rings. The van der Waals surface area contributed by atoms with Crippen LogP contribution >= 0.6 is 0 Å². The molecule has 0 heterocycles. The number of anilines is 1. The van der Waals surface area contributed by atoms with E-state index in [-0.39, 0.29) is 5.91 Å². The number of nitrogens with one attached hydrogen (secondary N) is 1. The summed E-state index contributed by atoms with van der Waals surface area (Å²) in [6, 6.07) is 7.17. The minimum atomic E-state index is -0.894. The average Bonchev–Trinajstić information content (AvgIpc) is 2.56. The highest BCUT2D eigenvalue weighted by Gasteiger charge is 2.33. The average molecular weight is 332 g/mol. The van der Waals surface area contributed by atoms with Crippen LogP contribution in [0.15, 0.2) is 18.2 Å². The van der Waals surface area contributed by atoms with Crippen molar-refractivity contribution >= 4 is 11.6 Å². The first-order valence-electron chi connectivity index (χ1n) is 8.63. The van der Waals surface area contributed by atoms with Crippen molar-refractivity contribution < 1.29 is 14.3 Å². The molecule has 0 unspecified atom stereocenters. The highest BCUT2D eigenvalue weighted by Crippen LogP contribution is 2.26.